The zero-order chi connectivity index (χ0) is 22.3. The summed E-state index contributed by atoms with van der Waals surface area (Å²) in [5.41, 5.74) is 2.93. The van der Waals surface area contributed by atoms with E-state index in [2.05, 4.69) is 24.4 Å². The van der Waals surface area contributed by atoms with Gasteiger partial charge in [0.1, 0.15) is 12.4 Å². The maximum atomic E-state index is 12.9. The highest BCUT2D eigenvalue weighted by atomic mass is 19.4. The maximum absolute atomic E-state index is 12.9. The first-order valence-corrected chi connectivity index (χ1v) is 10.1. The Labute approximate surface area is 180 Å². The van der Waals surface area contributed by atoms with Crippen molar-refractivity contribution in [1.29, 1.82) is 0 Å². The first-order valence-electron chi connectivity index (χ1n) is 10.1. The topological polar surface area (TPSA) is 30.5 Å². The van der Waals surface area contributed by atoms with Gasteiger partial charge in [-0.2, -0.15) is 13.2 Å². The van der Waals surface area contributed by atoms with Crippen molar-refractivity contribution in [2.45, 2.75) is 25.7 Å². The second-order valence-corrected chi connectivity index (χ2v) is 7.26. The highest BCUT2D eigenvalue weighted by molar-refractivity contribution is 5.71. The van der Waals surface area contributed by atoms with Crippen LogP contribution in [0.25, 0.3) is 11.1 Å². The molecule has 1 N–H and O–H groups in total. The molecule has 0 aliphatic rings. The van der Waals surface area contributed by atoms with Crippen molar-refractivity contribution in [2.24, 2.45) is 0 Å². The van der Waals surface area contributed by atoms with E-state index in [1.54, 1.807) is 7.11 Å². The van der Waals surface area contributed by atoms with Crippen LogP contribution in [0.1, 0.15) is 29.7 Å². The van der Waals surface area contributed by atoms with E-state index >= 15 is 0 Å². The normalized spacial score (nSPS) is 12.5. The predicted molar refractivity (Wildman–Crippen MR) is 116 cm³/mol. The van der Waals surface area contributed by atoms with Gasteiger partial charge < -0.3 is 14.8 Å². The number of benzene rings is 3. The summed E-state index contributed by atoms with van der Waals surface area (Å²) < 4.78 is 49.7. The number of alkyl halides is 3. The summed E-state index contributed by atoms with van der Waals surface area (Å²) >= 11 is 0. The van der Waals surface area contributed by atoms with Crippen molar-refractivity contribution in [3.63, 3.8) is 0 Å². The number of ether oxygens (including phenoxy) is 2. The first-order chi connectivity index (χ1) is 14.9. The van der Waals surface area contributed by atoms with Crippen molar-refractivity contribution >= 4 is 0 Å². The Morgan fingerprint density at radius 3 is 2.26 bits per heavy atom. The molecule has 0 radical (unpaired) electrons. The standard InChI is InChI=1S/C25H26F3NO2/c1-18(20-6-4-3-5-7-20)29-17-19-8-13-24(31-15-14-30-2)23(16-19)21-9-11-22(12-10-21)25(26,27)28/h3-13,16,18,29H,14-15,17H2,1-2H3. The van der Waals surface area contributed by atoms with E-state index in [0.717, 1.165) is 23.3 Å². The molecule has 0 heterocycles. The Kier molecular flexibility index (Phi) is 7.71. The molecule has 3 aromatic rings. The van der Waals surface area contributed by atoms with Crippen LogP contribution in [0.2, 0.25) is 0 Å². The smallest absolute Gasteiger partial charge is 0.416 e. The monoisotopic (exact) mass is 429 g/mol. The molecule has 0 fully saturated rings. The van der Waals surface area contributed by atoms with E-state index in [4.69, 9.17) is 9.47 Å². The van der Waals surface area contributed by atoms with Gasteiger partial charge in [0, 0.05) is 25.3 Å². The van der Waals surface area contributed by atoms with Gasteiger partial charge in [-0.05, 0) is 47.9 Å². The van der Waals surface area contributed by atoms with Crippen LogP contribution in [0.3, 0.4) is 0 Å². The van der Waals surface area contributed by atoms with Crippen LogP contribution < -0.4 is 10.1 Å². The first kappa shape index (κ1) is 22.8. The zero-order valence-corrected chi connectivity index (χ0v) is 17.6. The Balaban J connectivity index is 1.82. The van der Waals surface area contributed by atoms with Crippen molar-refractivity contribution < 1.29 is 22.6 Å². The van der Waals surface area contributed by atoms with E-state index in [-0.39, 0.29) is 6.04 Å². The van der Waals surface area contributed by atoms with Crippen LogP contribution in [0.15, 0.2) is 72.8 Å². The molecule has 0 saturated carbocycles. The van der Waals surface area contributed by atoms with Crippen molar-refractivity contribution in [1.82, 2.24) is 5.32 Å². The third kappa shape index (κ3) is 6.32. The van der Waals surface area contributed by atoms with Gasteiger partial charge in [-0.1, -0.05) is 48.5 Å². The van der Waals surface area contributed by atoms with Gasteiger partial charge >= 0.3 is 6.18 Å². The quantitative estimate of drug-likeness (QED) is 0.408. The highest BCUT2D eigenvalue weighted by Crippen LogP contribution is 2.35. The molecule has 3 nitrogen and oxygen atoms in total. The molecule has 6 heteroatoms. The van der Waals surface area contributed by atoms with Gasteiger partial charge in [-0.15, -0.1) is 0 Å². The zero-order valence-electron chi connectivity index (χ0n) is 17.6. The fraction of sp³-hybridized carbons (Fsp3) is 0.280. The Hall–Kier alpha value is -2.83. The average Bonchev–Trinajstić information content (AvgIpc) is 2.78. The molecule has 1 atom stereocenters. The lowest BCUT2D eigenvalue weighted by molar-refractivity contribution is -0.137. The van der Waals surface area contributed by atoms with Gasteiger partial charge in [-0.25, -0.2) is 0 Å². The third-order valence-electron chi connectivity index (χ3n) is 5.02. The SMILES string of the molecule is COCCOc1ccc(CNC(C)c2ccccc2)cc1-c1ccc(C(F)(F)F)cc1. The minimum atomic E-state index is -4.37. The van der Waals surface area contributed by atoms with E-state index in [1.807, 2.05) is 36.4 Å². The van der Waals surface area contributed by atoms with Crippen LogP contribution in [0, 0.1) is 0 Å². The second-order valence-electron chi connectivity index (χ2n) is 7.26. The molecular formula is C25H26F3NO2. The molecule has 3 aromatic carbocycles. The van der Waals surface area contributed by atoms with Crippen LogP contribution in [-0.4, -0.2) is 20.3 Å². The molecule has 31 heavy (non-hydrogen) atoms. The second kappa shape index (κ2) is 10.5. The largest absolute Gasteiger partial charge is 0.491 e. The Morgan fingerprint density at radius 1 is 0.903 bits per heavy atom. The van der Waals surface area contributed by atoms with E-state index in [1.165, 1.54) is 17.7 Å². The number of nitrogens with one attached hydrogen (secondary N) is 1. The molecule has 0 aromatic heterocycles. The molecule has 0 aliphatic carbocycles. The number of halogens is 3. The highest BCUT2D eigenvalue weighted by Gasteiger charge is 2.30. The number of hydrogen-bond donors (Lipinski definition) is 1. The lowest BCUT2D eigenvalue weighted by atomic mass is 10.00. The fourth-order valence-corrected chi connectivity index (χ4v) is 3.24. The Bertz CT molecular complexity index is 957. The maximum Gasteiger partial charge on any atom is 0.416 e. The summed E-state index contributed by atoms with van der Waals surface area (Å²) in [6, 6.07) is 21.2. The van der Waals surface area contributed by atoms with E-state index in [9.17, 15) is 13.2 Å². The summed E-state index contributed by atoms with van der Waals surface area (Å²) in [7, 11) is 1.59. The van der Waals surface area contributed by atoms with Gasteiger partial charge in [0.25, 0.3) is 0 Å². The summed E-state index contributed by atoms with van der Waals surface area (Å²) in [5, 5.41) is 3.49. The van der Waals surface area contributed by atoms with Crippen LogP contribution in [-0.2, 0) is 17.5 Å². The molecule has 0 saturated heterocycles. The van der Waals surface area contributed by atoms with Gasteiger partial charge in [0.05, 0.1) is 12.2 Å². The predicted octanol–water partition coefficient (Wildman–Crippen LogP) is 6.25. The van der Waals surface area contributed by atoms with Gasteiger partial charge in [0.15, 0.2) is 0 Å². The average molecular weight is 429 g/mol. The van der Waals surface area contributed by atoms with Crippen LogP contribution in [0.5, 0.6) is 5.75 Å². The number of rotatable bonds is 9. The molecule has 164 valence electrons. The number of hydrogen-bond acceptors (Lipinski definition) is 3. The van der Waals surface area contributed by atoms with Crippen LogP contribution >= 0.6 is 0 Å². The molecule has 0 spiro atoms. The fourth-order valence-electron chi connectivity index (χ4n) is 3.24. The Morgan fingerprint density at radius 2 is 1.61 bits per heavy atom. The van der Waals surface area contributed by atoms with Gasteiger partial charge in [-0.3, -0.25) is 0 Å². The van der Waals surface area contributed by atoms with E-state index in [0.29, 0.717) is 31.1 Å². The third-order valence-corrected chi connectivity index (χ3v) is 5.02. The van der Waals surface area contributed by atoms with Gasteiger partial charge in [0.2, 0.25) is 0 Å². The molecule has 1 unspecified atom stereocenters. The molecule has 3 rings (SSSR count). The van der Waals surface area contributed by atoms with Crippen molar-refractivity contribution in [3.05, 3.63) is 89.5 Å². The van der Waals surface area contributed by atoms with Crippen molar-refractivity contribution in [2.75, 3.05) is 20.3 Å². The van der Waals surface area contributed by atoms with E-state index < -0.39 is 11.7 Å². The minimum Gasteiger partial charge on any atom is -0.491 e. The lowest BCUT2D eigenvalue weighted by Gasteiger charge is -2.17. The summed E-state index contributed by atoms with van der Waals surface area (Å²) in [6.45, 7) is 3.48. The molecular weight excluding hydrogens is 403 g/mol. The van der Waals surface area contributed by atoms with Crippen LogP contribution in [0.4, 0.5) is 13.2 Å². The lowest BCUT2D eigenvalue weighted by Crippen LogP contribution is -2.18. The van der Waals surface area contributed by atoms with Crippen molar-refractivity contribution in [3.8, 4) is 16.9 Å². The molecule has 0 bridgehead atoms. The summed E-state index contributed by atoms with van der Waals surface area (Å²) in [5.74, 6) is 0.608. The molecule has 0 amide bonds. The summed E-state index contributed by atoms with van der Waals surface area (Å²) in [6.07, 6.45) is -4.37. The summed E-state index contributed by atoms with van der Waals surface area (Å²) in [4.78, 5) is 0. The number of methoxy groups -OCH3 is 1. The molecule has 0 aliphatic heterocycles. The minimum absolute atomic E-state index is 0.161.